The molecule has 0 unspecified atom stereocenters. The van der Waals surface area contributed by atoms with Crippen LogP contribution in [0.5, 0.6) is 11.5 Å². The molecule has 0 fully saturated rings. The highest BCUT2D eigenvalue weighted by molar-refractivity contribution is 7.22. The zero-order valence-electron chi connectivity index (χ0n) is 16.0. The van der Waals surface area contributed by atoms with Crippen LogP contribution in [0.4, 0.5) is 5.82 Å². The first kappa shape index (κ1) is 18.3. The van der Waals surface area contributed by atoms with Crippen molar-refractivity contribution >= 4 is 27.4 Å². The van der Waals surface area contributed by atoms with Crippen molar-refractivity contribution in [2.75, 3.05) is 19.5 Å². The van der Waals surface area contributed by atoms with E-state index in [1.54, 1.807) is 31.9 Å². The van der Waals surface area contributed by atoms with Gasteiger partial charge in [0.1, 0.15) is 28.5 Å². The van der Waals surface area contributed by atoms with Crippen LogP contribution < -0.4 is 14.8 Å². The highest BCUT2D eigenvalue weighted by Gasteiger charge is 2.15. The number of benzene rings is 2. The van der Waals surface area contributed by atoms with E-state index in [9.17, 15) is 0 Å². The maximum absolute atomic E-state index is 5.57. The fourth-order valence-corrected chi connectivity index (χ4v) is 4.16. The zero-order chi connectivity index (χ0) is 19.5. The fourth-order valence-electron chi connectivity index (χ4n) is 3.14. The van der Waals surface area contributed by atoms with Crippen molar-refractivity contribution in [3.63, 3.8) is 0 Å². The Bertz CT molecular complexity index is 1100. The van der Waals surface area contributed by atoms with Gasteiger partial charge in [0.2, 0.25) is 0 Å². The van der Waals surface area contributed by atoms with Crippen LogP contribution in [0.1, 0.15) is 18.5 Å². The molecule has 0 saturated carbocycles. The maximum atomic E-state index is 5.57. The molecule has 4 rings (SSSR count). The summed E-state index contributed by atoms with van der Waals surface area (Å²) in [6.45, 7) is 2.13. The Balaban J connectivity index is 1.72. The van der Waals surface area contributed by atoms with Crippen molar-refractivity contribution in [1.29, 1.82) is 0 Å². The maximum Gasteiger partial charge on any atom is 0.138 e. The minimum absolute atomic E-state index is 0.137. The molecule has 0 bridgehead atoms. The Kier molecular flexibility index (Phi) is 5.12. The molecule has 28 heavy (non-hydrogen) atoms. The van der Waals surface area contributed by atoms with E-state index < -0.39 is 0 Å². The number of rotatable bonds is 6. The van der Waals surface area contributed by atoms with E-state index in [4.69, 9.17) is 9.47 Å². The standard InChI is InChI=1S/C22H21N3O2S/c1-14(15-7-5-4-6-8-15)25-21-18-12-20(28-22(18)24-13-23-21)17-10-9-16(26-2)11-19(17)27-3/h4-14H,1-3H3,(H,23,24,25)/t14-/m1/s1. The van der Waals surface area contributed by atoms with Crippen LogP contribution in [0, 0.1) is 0 Å². The molecule has 0 aliphatic carbocycles. The Labute approximate surface area is 168 Å². The summed E-state index contributed by atoms with van der Waals surface area (Å²) in [5.41, 5.74) is 2.22. The molecule has 2 heterocycles. The number of methoxy groups -OCH3 is 2. The van der Waals surface area contributed by atoms with Gasteiger partial charge in [-0.15, -0.1) is 11.3 Å². The lowest BCUT2D eigenvalue weighted by atomic mass is 10.1. The summed E-state index contributed by atoms with van der Waals surface area (Å²) >= 11 is 1.62. The first-order valence-corrected chi connectivity index (χ1v) is 9.79. The molecule has 1 N–H and O–H groups in total. The molecule has 0 amide bonds. The molecular formula is C22H21N3O2S. The van der Waals surface area contributed by atoms with Crippen LogP contribution in [-0.2, 0) is 0 Å². The van der Waals surface area contributed by atoms with Gasteiger partial charge in [0, 0.05) is 22.5 Å². The molecule has 0 aliphatic heterocycles. The van der Waals surface area contributed by atoms with Crippen LogP contribution in [0.3, 0.4) is 0 Å². The van der Waals surface area contributed by atoms with E-state index in [1.165, 1.54) is 5.56 Å². The average Bonchev–Trinajstić information content (AvgIpc) is 3.19. The van der Waals surface area contributed by atoms with Crippen molar-refractivity contribution in [1.82, 2.24) is 9.97 Å². The van der Waals surface area contributed by atoms with Gasteiger partial charge in [-0.2, -0.15) is 0 Å². The van der Waals surface area contributed by atoms with E-state index in [1.807, 2.05) is 36.4 Å². The van der Waals surface area contributed by atoms with E-state index in [-0.39, 0.29) is 6.04 Å². The van der Waals surface area contributed by atoms with Gasteiger partial charge in [0.05, 0.1) is 19.6 Å². The Morgan fingerprint density at radius 2 is 1.79 bits per heavy atom. The number of fused-ring (bicyclic) bond motifs is 1. The molecule has 6 heteroatoms. The van der Waals surface area contributed by atoms with Gasteiger partial charge in [-0.05, 0) is 30.7 Å². The third-order valence-corrected chi connectivity index (χ3v) is 5.73. The number of ether oxygens (including phenoxy) is 2. The van der Waals surface area contributed by atoms with Crippen molar-refractivity contribution in [2.45, 2.75) is 13.0 Å². The molecule has 142 valence electrons. The van der Waals surface area contributed by atoms with Gasteiger partial charge in [-0.25, -0.2) is 9.97 Å². The summed E-state index contributed by atoms with van der Waals surface area (Å²) in [7, 11) is 3.31. The summed E-state index contributed by atoms with van der Waals surface area (Å²) in [6.07, 6.45) is 1.61. The quantitative estimate of drug-likeness (QED) is 0.467. The lowest BCUT2D eigenvalue weighted by molar-refractivity contribution is 0.395. The number of aromatic nitrogens is 2. The van der Waals surface area contributed by atoms with Crippen molar-refractivity contribution in [3.8, 4) is 21.9 Å². The normalized spacial score (nSPS) is 12.0. The largest absolute Gasteiger partial charge is 0.497 e. The number of hydrogen-bond acceptors (Lipinski definition) is 6. The summed E-state index contributed by atoms with van der Waals surface area (Å²) in [5, 5.41) is 4.52. The lowest BCUT2D eigenvalue weighted by Gasteiger charge is -2.15. The number of thiophene rings is 1. The summed E-state index contributed by atoms with van der Waals surface area (Å²) in [4.78, 5) is 11.0. The monoisotopic (exact) mass is 391 g/mol. The average molecular weight is 391 g/mol. The third-order valence-electron chi connectivity index (χ3n) is 4.66. The van der Waals surface area contributed by atoms with E-state index in [2.05, 4.69) is 40.4 Å². The summed E-state index contributed by atoms with van der Waals surface area (Å²) in [5.74, 6) is 2.36. The Morgan fingerprint density at radius 3 is 2.54 bits per heavy atom. The van der Waals surface area contributed by atoms with E-state index in [0.717, 1.165) is 38.0 Å². The third kappa shape index (κ3) is 3.51. The fraction of sp³-hybridized carbons (Fsp3) is 0.182. The first-order valence-electron chi connectivity index (χ1n) is 8.98. The van der Waals surface area contributed by atoms with Gasteiger partial charge in [-0.1, -0.05) is 30.3 Å². The van der Waals surface area contributed by atoms with Crippen LogP contribution in [0.15, 0.2) is 60.9 Å². The molecular weight excluding hydrogens is 370 g/mol. The topological polar surface area (TPSA) is 56.3 Å². The number of nitrogens with zero attached hydrogens (tertiary/aromatic N) is 2. The molecule has 4 aromatic rings. The molecule has 0 saturated heterocycles. The van der Waals surface area contributed by atoms with Gasteiger partial charge in [0.25, 0.3) is 0 Å². The van der Waals surface area contributed by atoms with Crippen LogP contribution in [-0.4, -0.2) is 24.2 Å². The predicted molar refractivity (Wildman–Crippen MR) is 114 cm³/mol. The van der Waals surface area contributed by atoms with Crippen LogP contribution in [0.25, 0.3) is 20.7 Å². The Hall–Kier alpha value is -3.12. The van der Waals surface area contributed by atoms with Gasteiger partial charge < -0.3 is 14.8 Å². The van der Waals surface area contributed by atoms with E-state index in [0.29, 0.717) is 0 Å². The molecule has 0 aliphatic rings. The summed E-state index contributed by atoms with van der Waals surface area (Å²) < 4.78 is 10.9. The molecule has 0 radical (unpaired) electrons. The van der Waals surface area contributed by atoms with Crippen LogP contribution >= 0.6 is 11.3 Å². The number of hydrogen-bond donors (Lipinski definition) is 1. The molecule has 5 nitrogen and oxygen atoms in total. The lowest BCUT2D eigenvalue weighted by Crippen LogP contribution is -2.08. The second-order valence-corrected chi connectivity index (χ2v) is 7.43. The van der Waals surface area contributed by atoms with E-state index >= 15 is 0 Å². The molecule has 0 spiro atoms. The van der Waals surface area contributed by atoms with Crippen LogP contribution in [0.2, 0.25) is 0 Å². The van der Waals surface area contributed by atoms with Crippen molar-refractivity contribution in [2.24, 2.45) is 0 Å². The minimum atomic E-state index is 0.137. The first-order chi connectivity index (χ1) is 13.7. The van der Waals surface area contributed by atoms with Gasteiger partial charge >= 0.3 is 0 Å². The highest BCUT2D eigenvalue weighted by atomic mass is 32.1. The number of anilines is 1. The minimum Gasteiger partial charge on any atom is -0.497 e. The highest BCUT2D eigenvalue weighted by Crippen LogP contribution is 2.40. The summed E-state index contributed by atoms with van der Waals surface area (Å²) in [6, 6.07) is 18.4. The number of nitrogens with one attached hydrogen (secondary N) is 1. The SMILES string of the molecule is COc1ccc(-c2cc3c(N[C@H](C)c4ccccc4)ncnc3s2)c(OC)c1. The van der Waals surface area contributed by atoms with Gasteiger partial charge in [0.15, 0.2) is 0 Å². The predicted octanol–water partition coefficient (Wildman–Crippen LogP) is 5.55. The van der Waals surface area contributed by atoms with Crippen molar-refractivity contribution < 1.29 is 9.47 Å². The molecule has 1 atom stereocenters. The zero-order valence-corrected chi connectivity index (χ0v) is 16.8. The second kappa shape index (κ2) is 7.86. The second-order valence-electron chi connectivity index (χ2n) is 6.39. The van der Waals surface area contributed by atoms with Gasteiger partial charge in [-0.3, -0.25) is 0 Å². The molecule has 2 aromatic heterocycles. The smallest absolute Gasteiger partial charge is 0.138 e. The van der Waals surface area contributed by atoms with Crippen molar-refractivity contribution in [3.05, 3.63) is 66.5 Å². The molecule has 2 aromatic carbocycles. The Morgan fingerprint density at radius 1 is 0.964 bits per heavy atom.